The number of anilines is 1. The smallest absolute Gasteiger partial charge is 0.466 e. The van der Waals surface area contributed by atoms with Crippen LogP contribution in [0.25, 0.3) is 77.8 Å². The Hall–Kier alpha value is -6.96. The van der Waals surface area contributed by atoms with Crippen molar-refractivity contribution in [3.8, 4) is 67.2 Å². The minimum absolute atomic E-state index is 0. The van der Waals surface area contributed by atoms with Crippen LogP contribution in [0.15, 0.2) is 109 Å². The maximum atomic E-state index is 4.98. The number of aromatic nitrogens is 3. The van der Waals surface area contributed by atoms with Crippen molar-refractivity contribution in [1.29, 1.82) is 0 Å². The molecule has 0 bridgehead atoms. The summed E-state index contributed by atoms with van der Waals surface area (Å²) >= 11 is 0. The molecule has 9 aromatic rings. The second-order valence-electron chi connectivity index (χ2n) is 24.2. The van der Waals surface area contributed by atoms with Gasteiger partial charge in [0, 0.05) is 12.1 Å². The fourth-order valence-corrected chi connectivity index (χ4v) is 13.0. The molecule has 0 atom stereocenters. The standard InChI is InChI=1S/C26H32N2.2C26H31N2.2CH3.Hf/c3*1-8-9-27-24-15-22(25-18(4)10-16(2)11-19(25)5)14-23(28-24)26-20(6)12-17(3)13-21(26)7;;;/h10-15H,8-9H2,1-7H3,(H,27,28);2*10-15H,8-9H2,1-7H3;2*1H3;/q;4*-1;+4. The molecule has 6 aromatic carbocycles. The van der Waals surface area contributed by atoms with Crippen LogP contribution in [0.3, 0.4) is 0 Å². The molecule has 0 aliphatic rings. The molecule has 0 aliphatic heterocycles. The monoisotopic (exact) mass is 1320 g/mol. The van der Waals surface area contributed by atoms with Crippen LogP contribution in [-0.2, 0) is 25.8 Å². The predicted octanol–water partition coefficient (Wildman–Crippen LogP) is 23.3. The molecule has 3 heterocycles. The van der Waals surface area contributed by atoms with E-state index in [1.807, 2.05) is 0 Å². The van der Waals surface area contributed by atoms with Crippen LogP contribution < -0.4 is 5.32 Å². The van der Waals surface area contributed by atoms with Crippen molar-refractivity contribution in [1.82, 2.24) is 15.0 Å². The molecule has 0 unspecified atom stereocenters. The summed E-state index contributed by atoms with van der Waals surface area (Å²) in [6.45, 7) is 48.2. The van der Waals surface area contributed by atoms with E-state index in [0.717, 1.165) is 73.4 Å². The quantitative estimate of drug-likeness (QED) is 0.0819. The molecule has 0 aliphatic carbocycles. The zero-order valence-electron chi connectivity index (χ0n) is 57.4. The molecular formula is C80H100HfN6. The molecule has 454 valence electrons. The molecular weight excluding hydrogens is 1220 g/mol. The van der Waals surface area contributed by atoms with Gasteiger partial charge in [-0.1, -0.05) is 189 Å². The molecule has 7 heteroatoms. The van der Waals surface area contributed by atoms with Gasteiger partial charge < -0.3 is 40.8 Å². The summed E-state index contributed by atoms with van der Waals surface area (Å²) in [5.74, 6) is 2.61. The van der Waals surface area contributed by atoms with Crippen LogP contribution in [-0.4, -0.2) is 34.6 Å². The van der Waals surface area contributed by atoms with Gasteiger partial charge in [0.15, 0.2) is 0 Å². The van der Waals surface area contributed by atoms with E-state index in [0.29, 0.717) is 0 Å². The van der Waals surface area contributed by atoms with E-state index in [2.05, 4.69) is 260 Å². The number of rotatable bonds is 15. The van der Waals surface area contributed by atoms with Gasteiger partial charge in [-0.15, -0.1) is 0 Å². The molecule has 0 amide bonds. The van der Waals surface area contributed by atoms with E-state index in [1.165, 1.54) is 150 Å². The number of hydrogen-bond acceptors (Lipinski definition) is 4. The van der Waals surface area contributed by atoms with Crippen molar-refractivity contribution < 1.29 is 25.8 Å². The van der Waals surface area contributed by atoms with E-state index in [9.17, 15) is 0 Å². The third-order valence-corrected chi connectivity index (χ3v) is 15.7. The van der Waals surface area contributed by atoms with Gasteiger partial charge in [0.25, 0.3) is 0 Å². The van der Waals surface area contributed by atoms with Gasteiger partial charge >= 0.3 is 25.8 Å². The number of pyridine rings is 3. The Kier molecular flexibility index (Phi) is 26.9. The van der Waals surface area contributed by atoms with Gasteiger partial charge in [-0.3, -0.25) is 0 Å². The molecule has 0 spiro atoms. The average molecular weight is 1320 g/mol. The molecule has 87 heavy (non-hydrogen) atoms. The van der Waals surface area contributed by atoms with Crippen LogP contribution in [0.5, 0.6) is 0 Å². The first-order valence-corrected chi connectivity index (χ1v) is 30.5. The molecule has 3 aromatic heterocycles. The summed E-state index contributed by atoms with van der Waals surface area (Å²) in [6.07, 6.45) is 3.12. The largest absolute Gasteiger partial charge is 4.00 e. The third-order valence-electron chi connectivity index (χ3n) is 15.7. The SMILES string of the molecule is CCCNc1cc(-c2c(C)cc(C)cc2C)cc(-c2c(C)cc(C)cc2C)n1.CCC[N-]c1cc(-c2c(C)cc(C)cc2C)cc(-c2c(C)cc(C)cc2C)n1.CCC[N-]c1cc(-c2c(C)cc(C)cc2C)cc(-c2c(C)cc(C)cc2C)n1.[CH3-].[CH3-].[Hf+4]. The summed E-state index contributed by atoms with van der Waals surface area (Å²) in [4.78, 5) is 14.8. The predicted molar refractivity (Wildman–Crippen MR) is 379 cm³/mol. The van der Waals surface area contributed by atoms with E-state index in [-0.39, 0.29) is 40.7 Å². The van der Waals surface area contributed by atoms with Gasteiger partial charge in [-0.05, 0) is 266 Å². The average Bonchev–Trinajstić information content (AvgIpc) is 1.24. The third kappa shape index (κ3) is 18.1. The summed E-state index contributed by atoms with van der Waals surface area (Å²) < 4.78 is 0. The minimum atomic E-state index is 0. The topological polar surface area (TPSA) is 78.9 Å². The Morgan fingerprint density at radius 2 is 0.517 bits per heavy atom. The number of benzene rings is 6. The molecule has 1 N–H and O–H groups in total. The van der Waals surface area contributed by atoms with Gasteiger partial charge in [-0.2, -0.15) is 0 Å². The number of hydrogen-bond donors (Lipinski definition) is 1. The van der Waals surface area contributed by atoms with Crippen LogP contribution in [0.2, 0.25) is 0 Å². The zero-order chi connectivity index (χ0) is 61.3. The number of nitrogens with one attached hydrogen (secondary N) is 1. The minimum Gasteiger partial charge on any atom is -0.466 e. The second-order valence-corrected chi connectivity index (χ2v) is 24.2. The number of aryl methyl sites for hydroxylation is 18. The van der Waals surface area contributed by atoms with Gasteiger partial charge in [-0.25, -0.2) is 4.98 Å². The van der Waals surface area contributed by atoms with Crippen molar-refractivity contribution in [2.45, 2.75) is 165 Å². The maximum absolute atomic E-state index is 4.98. The first kappa shape index (κ1) is 72.5. The Morgan fingerprint density at radius 1 is 0.287 bits per heavy atom. The number of nitrogens with zero attached hydrogens (tertiary/aromatic N) is 5. The summed E-state index contributed by atoms with van der Waals surface area (Å²) in [6, 6.07) is 40.2. The van der Waals surface area contributed by atoms with Crippen LogP contribution in [0.4, 0.5) is 17.5 Å². The van der Waals surface area contributed by atoms with Crippen LogP contribution in [0.1, 0.15) is 140 Å². The fourth-order valence-electron chi connectivity index (χ4n) is 13.0. The van der Waals surface area contributed by atoms with Crippen molar-refractivity contribution >= 4 is 17.5 Å². The van der Waals surface area contributed by atoms with Crippen LogP contribution in [0, 0.1) is 139 Å². The molecule has 0 saturated heterocycles. The van der Waals surface area contributed by atoms with E-state index < -0.39 is 0 Å². The van der Waals surface area contributed by atoms with Crippen molar-refractivity contribution in [3.05, 3.63) is 235 Å². The Labute approximate surface area is 546 Å². The first-order valence-electron chi connectivity index (χ1n) is 30.5. The van der Waals surface area contributed by atoms with Crippen LogP contribution >= 0.6 is 0 Å². The van der Waals surface area contributed by atoms with Gasteiger partial charge in [0.05, 0.1) is 5.69 Å². The molecule has 0 saturated carbocycles. The van der Waals surface area contributed by atoms with E-state index >= 15 is 0 Å². The molecule has 0 fully saturated rings. The Bertz CT molecular complexity index is 3080. The first-order chi connectivity index (χ1) is 39.9. The van der Waals surface area contributed by atoms with Crippen molar-refractivity contribution in [2.24, 2.45) is 0 Å². The van der Waals surface area contributed by atoms with Gasteiger partial charge in [0.2, 0.25) is 0 Å². The molecule has 6 nitrogen and oxygen atoms in total. The summed E-state index contributed by atoms with van der Waals surface area (Å²) in [7, 11) is 0. The summed E-state index contributed by atoms with van der Waals surface area (Å²) in [5, 5.41) is 13.0. The van der Waals surface area contributed by atoms with Gasteiger partial charge in [0.1, 0.15) is 5.82 Å². The fraction of sp³-hybridized carbons (Fsp3) is 0.338. The Balaban J connectivity index is 0.000000275. The maximum Gasteiger partial charge on any atom is 4.00 e. The van der Waals surface area contributed by atoms with E-state index in [1.54, 1.807) is 0 Å². The summed E-state index contributed by atoms with van der Waals surface area (Å²) in [5.41, 5.74) is 37.5. The zero-order valence-corrected chi connectivity index (χ0v) is 61.0. The van der Waals surface area contributed by atoms with Crippen molar-refractivity contribution in [2.75, 3.05) is 25.0 Å². The normalized spacial score (nSPS) is 10.6. The molecule has 9 rings (SSSR count). The molecule has 0 radical (unpaired) electrons. The second kappa shape index (κ2) is 32.3. The van der Waals surface area contributed by atoms with E-state index in [4.69, 9.17) is 25.6 Å². The van der Waals surface area contributed by atoms with Crippen molar-refractivity contribution in [3.63, 3.8) is 0 Å². The Morgan fingerprint density at radius 3 is 0.759 bits per heavy atom.